The number of hydrogen-bond acceptors (Lipinski definition) is 6. The molecule has 0 aromatic heterocycles. The Morgan fingerprint density at radius 1 is 1.04 bits per heavy atom. The van der Waals surface area contributed by atoms with Crippen molar-refractivity contribution in [3.63, 3.8) is 0 Å². The molecule has 0 aromatic carbocycles. The first-order valence-electron chi connectivity index (χ1n) is 8.59. The van der Waals surface area contributed by atoms with Crippen molar-refractivity contribution < 1.29 is 33.8 Å². The predicted molar refractivity (Wildman–Crippen MR) is 94.0 cm³/mol. The van der Waals surface area contributed by atoms with Crippen LogP contribution >= 0.6 is 0 Å². The van der Waals surface area contributed by atoms with Gasteiger partial charge in [0.15, 0.2) is 0 Å². The second-order valence-corrected chi connectivity index (χ2v) is 7.97. The van der Waals surface area contributed by atoms with E-state index in [0.717, 1.165) is 19.8 Å². The summed E-state index contributed by atoms with van der Waals surface area (Å²) in [6.07, 6.45) is 1.28. The maximum Gasteiger partial charge on any atom is 0.332 e. The van der Waals surface area contributed by atoms with Gasteiger partial charge in [0, 0.05) is 13.3 Å². The highest BCUT2D eigenvalue weighted by atomic mass is 16.7. The minimum atomic E-state index is -1.34. The van der Waals surface area contributed by atoms with Crippen LogP contribution in [-0.4, -0.2) is 41.8 Å². The average Bonchev–Trinajstić information content (AvgIpc) is 2.43. The monoisotopic (exact) mass is 373 g/mol. The normalized spacial score (nSPS) is 12.8. The predicted octanol–water partition coefficient (Wildman–Crippen LogP) is 2.25. The highest BCUT2D eigenvalue weighted by Gasteiger charge is 2.32. The number of rotatable bonds is 11. The smallest absolute Gasteiger partial charge is 0.332 e. The number of amides is 1. The minimum absolute atomic E-state index is 0.0627. The Hall–Kier alpha value is -2.12. The number of carboxylic acids is 1. The quantitative estimate of drug-likeness (QED) is 0.421. The fraction of sp³-hybridized carbons (Fsp3) is 0.778. The van der Waals surface area contributed by atoms with Crippen LogP contribution < -0.4 is 5.32 Å². The lowest BCUT2D eigenvalue weighted by Gasteiger charge is -2.34. The Morgan fingerprint density at radius 2 is 1.62 bits per heavy atom. The van der Waals surface area contributed by atoms with Crippen molar-refractivity contribution in [2.24, 2.45) is 10.8 Å². The molecule has 0 saturated carbocycles. The van der Waals surface area contributed by atoms with Crippen LogP contribution in [-0.2, 0) is 28.7 Å². The van der Waals surface area contributed by atoms with E-state index in [1.165, 1.54) is 0 Å². The first kappa shape index (κ1) is 23.9. The Balaban J connectivity index is 4.83. The highest BCUT2D eigenvalue weighted by Crippen LogP contribution is 2.38. The maximum atomic E-state index is 12.3. The molecule has 26 heavy (non-hydrogen) atoms. The molecule has 0 saturated heterocycles. The van der Waals surface area contributed by atoms with E-state index >= 15 is 0 Å². The van der Waals surface area contributed by atoms with Crippen molar-refractivity contribution in [3.05, 3.63) is 0 Å². The number of esters is 2. The largest absolute Gasteiger partial charge is 0.481 e. The van der Waals surface area contributed by atoms with Crippen LogP contribution in [0.1, 0.15) is 67.2 Å². The lowest BCUT2D eigenvalue weighted by atomic mass is 9.72. The summed E-state index contributed by atoms with van der Waals surface area (Å²) in [5, 5.41) is 11.3. The Morgan fingerprint density at radius 3 is 2.08 bits per heavy atom. The molecule has 8 nitrogen and oxygen atoms in total. The van der Waals surface area contributed by atoms with Crippen molar-refractivity contribution in [2.45, 2.75) is 73.3 Å². The number of nitrogens with one attached hydrogen (secondary N) is 1. The number of ether oxygens (including phenoxy) is 2. The van der Waals surface area contributed by atoms with Gasteiger partial charge in [-0.3, -0.25) is 14.4 Å². The number of carboxylic acid groups (broad SMARTS) is 1. The van der Waals surface area contributed by atoms with E-state index < -0.39 is 43.1 Å². The van der Waals surface area contributed by atoms with E-state index in [9.17, 15) is 19.2 Å². The van der Waals surface area contributed by atoms with Gasteiger partial charge in [0.05, 0.1) is 6.42 Å². The molecular formula is C18H31NO7. The molecule has 0 bridgehead atoms. The number of aliphatic carboxylic acids is 1. The van der Waals surface area contributed by atoms with Crippen molar-refractivity contribution >= 4 is 23.8 Å². The van der Waals surface area contributed by atoms with Crippen LogP contribution in [0.3, 0.4) is 0 Å². The van der Waals surface area contributed by atoms with Crippen LogP contribution in [0.25, 0.3) is 0 Å². The summed E-state index contributed by atoms with van der Waals surface area (Å²) in [5.41, 5.74) is -0.258. The molecule has 1 atom stereocenters. The molecule has 0 aliphatic carbocycles. The first-order valence-corrected chi connectivity index (χ1v) is 8.59. The fourth-order valence-electron chi connectivity index (χ4n) is 2.80. The van der Waals surface area contributed by atoms with Gasteiger partial charge in [-0.15, -0.1) is 0 Å². The van der Waals surface area contributed by atoms with Crippen LogP contribution in [0.15, 0.2) is 0 Å². The van der Waals surface area contributed by atoms with Gasteiger partial charge in [0.1, 0.15) is 6.04 Å². The van der Waals surface area contributed by atoms with E-state index in [2.05, 4.69) is 35.6 Å². The zero-order valence-corrected chi connectivity index (χ0v) is 16.5. The van der Waals surface area contributed by atoms with E-state index in [1.807, 2.05) is 13.8 Å². The lowest BCUT2D eigenvalue weighted by molar-refractivity contribution is -0.169. The van der Waals surface area contributed by atoms with Gasteiger partial charge >= 0.3 is 17.9 Å². The molecule has 0 aromatic rings. The van der Waals surface area contributed by atoms with E-state index in [-0.39, 0.29) is 17.3 Å². The molecule has 0 fully saturated rings. The second kappa shape index (κ2) is 10.1. The van der Waals surface area contributed by atoms with Crippen LogP contribution in [0.5, 0.6) is 0 Å². The van der Waals surface area contributed by atoms with Gasteiger partial charge in [-0.2, -0.15) is 0 Å². The molecule has 1 unspecified atom stereocenters. The van der Waals surface area contributed by atoms with Crippen molar-refractivity contribution in [1.29, 1.82) is 0 Å². The third kappa shape index (κ3) is 10.7. The fourth-order valence-corrected chi connectivity index (χ4v) is 2.80. The number of carbonyl (C=O) groups excluding carboxylic acids is 3. The molecule has 2 N–H and O–H groups in total. The molecule has 150 valence electrons. The van der Waals surface area contributed by atoms with Gasteiger partial charge in [-0.05, 0) is 17.3 Å². The van der Waals surface area contributed by atoms with Crippen molar-refractivity contribution in [2.75, 3.05) is 6.79 Å². The van der Waals surface area contributed by atoms with Crippen molar-refractivity contribution in [1.82, 2.24) is 5.32 Å². The summed E-state index contributed by atoms with van der Waals surface area (Å²) in [7, 11) is 0. The van der Waals surface area contributed by atoms with E-state index in [0.29, 0.717) is 0 Å². The van der Waals surface area contributed by atoms with E-state index in [4.69, 9.17) is 5.11 Å². The van der Waals surface area contributed by atoms with E-state index in [1.54, 1.807) is 0 Å². The molecule has 0 radical (unpaired) electrons. The molecule has 0 heterocycles. The molecular weight excluding hydrogens is 342 g/mol. The summed E-state index contributed by atoms with van der Waals surface area (Å²) >= 11 is 0. The maximum absolute atomic E-state index is 12.3. The van der Waals surface area contributed by atoms with Crippen LogP contribution in [0, 0.1) is 10.8 Å². The summed E-state index contributed by atoms with van der Waals surface area (Å²) in [5.74, 6) is -3.30. The zero-order chi connectivity index (χ0) is 20.5. The summed E-state index contributed by atoms with van der Waals surface area (Å²) in [6, 6.07) is -1.34. The first-order chi connectivity index (χ1) is 11.8. The minimum Gasteiger partial charge on any atom is -0.481 e. The zero-order valence-electron chi connectivity index (χ0n) is 16.5. The van der Waals surface area contributed by atoms with Crippen molar-refractivity contribution in [3.8, 4) is 0 Å². The summed E-state index contributed by atoms with van der Waals surface area (Å²) in [6.45, 7) is 10.7. The Labute approximate surface area is 154 Å². The molecule has 8 heteroatoms. The van der Waals surface area contributed by atoms with Crippen LogP contribution in [0.2, 0.25) is 0 Å². The SMILES string of the molecule is CCC(C)(C)CC(C)(C)CC(=O)NC(CC(=O)O)C(=O)OCOC(C)=O. The Bertz CT molecular complexity index is 526. The molecule has 0 rings (SSSR count). The van der Waals surface area contributed by atoms with Gasteiger partial charge < -0.3 is 19.9 Å². The van der Waals surface area contributed by atoms with Gasteiger partial charge in [-0.25, -0.2) is 4.79 Å². The molecule has 0 aliphatic heterocycles. The van der Waals surface area contributed by atoms with Crippen LogP contribution in [0.4, 0.5) is 0 Å². The standard InChI is InChI=1S/C18H31NO7/c1-7-17(3,4)10-18(5,6)9-14(21)19-13(8-15(22)23)16(24)26-11-25-12(2)20/h13H,7-11H2,1-6H3,(H,19,21)(H,22,23). The number of hydrogen-bond donors (Lipinski definition) is 2. The van der Waals surface area contributed by atoms with Gasteiger partial charge in [-0.1, -0.05) is 41.0 Å². The molecule has 0 spiro atoms. The lowest BCUT2D eigenvalue weighted by Crippen LogP contribution is -2.45. The molecule has 1 amide bonds. The molecule has 0 aliphatic rings. The van der Waals surface area contributed by atoms with Gasteiger partial charge in [0.25, 0.3) is 0 Å². The average molecular weight is 373 g/mol. The summed E-state index contributed by atoms with van der Waals surface area (Å²) < 4.78 is 9.16. The third-order valence-electron chi connectivity index (χ3n) is 4.02. The topological polar surface area (TPSA) is 119 Å². The second-order valence-electron chi connectivity index (χ2n) is 7.97. The summed E-state index contributed by atoms with van der Waals surface area (Å²) in [4.78, 5) is 45.9. The highest BCUT2D eigenvalue weighted by molar-refractivity contribution is 5.87. The number of carbonyl (C=O) groups is 4. The third-order valence-corrected chi connectivity index (χ3v) is 4.02. The van der Waals surface area contributed by atoms with Gasteiger partial charge in [0.2, 0.25) is 12.7 Å². The Kier molecular flexibility index (Phi) is 9.31.